The maximum absolute atomic E-state index is 13.4. The van der Waals surface area contributed by atoms with E-state index in [0.717, 1.165) is 23.8 Å². The molecular formula is C14H13F2NO2S. The Labute approximate surface area is 116 Å². The van der Waals surface area contributed by atoms with E-state index in [1.807, 2.05) is 18.2 Å². The molecule has 20 heavy (non-hydrogen) atoms. The molecule has 0 fully saturated rings. The second-order valence-corrected chi connectivity index (χ2v) is 6.12. The first-order valence-corrected chi connectivity index (χ1v) is 7.61. The van der Waals surface area contributed by atoms with Crippen LogP contribution in [-0.4, -0.2) is 14.2 Å². The van der Waals surface area contributed by atoms with Crippen molar-refractivity contribution in [1.29, 1.82) is 0 Å². The van der Waals surface area contributed by atoms with Gasteiger partial charge in [-0.1, -0.05) is 30.3 Å². The molecule has 0 aliphatic rings. The van der Waals surface area contributed by atoms with Gasteiger partial charge >= 0.3 is 0 Å². The second-order valence-electron chi connectivity index (χ2n) is 4.28. The molecular weight excluding hydrogens is 284 g/mol. The van der Waals surface area contributed by atoms with Crippen LogP contribution in [0.5, 0.6) is 0 Å². The Bertz CT molecular complexity index is 688. The van der Waals surface area contributed by atoms with E-state index in [4.69, 9.17) is 0 Å². The average molecular weight is 297 g/mol. The van der Waals surface area contributed by atoms with Crippen molar-refractivity contribution in [2.24, 2.45) is 0 Å². The summed E-state index contributed by atoms with van der Waals surface area (Å²) in [5.74, 6) is -1.71. The highest BCUT2D eigenvalue weighted by Crippen LogP contribution is 2.17. The Kier molecular flexibility index (Phi) is 4.34. The molecule has 0 spiro atoms. The van der Waals surface area contributed by atoms with Crippen LogP contribution < -0.4 is 4.72 Å². The van der Waals surface area contributed by atoms with Crippen molar-refractivity contribution in [3.8, 4) is 0 Å². The predicted octanol–water partition coefficient (Wildman–Crippen LogP) is 2.95. The van der Waals surface area contributed by atoms with Crippen molar-refractivity contribution in [3.05, 3.63) is 65.7 Å². The van der Waals surface area contributed by atoms with Crippen LogP contribution in [0.2, 0.25) is 0 Å². The fourth-order valence-electron chi connectivity index (χ4n) is 1.69. The second kappa shape index (κ2) is 6.00. The largest absolute Gasteiger partial charge is 0.280 e. The van der Waals surface area contributed by atoms with Crippen LogP contribution in [-0.2, 0) is 16.4 Å². The van der Waals surface area contributed by atoms with E-state index < -0.39 is 21.7 Å². The topological polar surface area (TPSA) is 46.2 Å². The summed E-state index contributed by atoms with van der Waals surface area (Å²) < 4.78 is 52.1. The predicted molar refractivity (Wildman–Crippen MR) is 73.9 cm³/mol. The van der Waals surface area contributed by atoms with Gasteiger partial charge in [-0.05, 0) is 24.1 Å². The molecule has 0 saturated heterocycles. The summed E-state index contributed by atoms with van der Waals surface area (Å²) in [6, 6.07) is 11.7. The minimum Gasteiger partial charge on any atom is -0.280 e. The number of rotatable bonds is 5. The normalized spacial score (nSPS) is 11.3. The molecule has 0 heterocycles. The van der Waals surface area contributed by atoms with Gasteiger partial charge in [0.1, 0.15) is 11.6 Å². The fraction of sp³-hybridized carbons (Fsp3) is 0.143. The summed E-state index contributed by atoms with van der Waals surface area (Å²) in [6.07, 6.45) is 0.299. The van der Waals surface area contributed by atoms with E-state index in [1.54, 1.807) is 12.1 Å². The summed E-state index contributed by atoms with van der Waals surface area (Å²) >= 11 is 0. The number of sulfonamides is 1. The van der Waals surface area contributed by atoms with Crippen molar-refractivity contribution >= 4 is 15.7 Å². The molecule has 0 amide bonds. The van der Waals surface area contributed by atoms with Crippen molar-refractivity contribution in [1.82, 2.24) is 0 Å². The molecule has 106 valence electrons. The first kappa shape index (κ1) is 14.5. The molecule has 0 aliphatic heterocycles. The van der Waals surface area contributed by atoms with Crippen LogP contribution in [0.1, 0.15) is 5.56 Å². The van der Waals surface area contributed by atoms with Gasteiger partial charge in [0.25, 0.3) is 0 Å². The van der Waals surface area contributed by atoms with Crippen molar-refractivity contribution in [2.45, 2.75) is 6.42 Å². The lowest BCUT2D eigenvalue weighted by Crippen LogP contribution is -2.19. The third-order valence-corrected chi connectivity index (χ3v) is 3.97. The minimum atomic E-state index is -3.73. The third-order valence-electron chi connectivity index (χ3n) is 2.70. The molecule has 0 saturated carbocycles. The van der Waals surface area contributed by atoms with E-state index in [-0.39, 0.29) is 11.4 Å². The van der Waals surface area contributed by atoms with Gasteiger partial charge in [0.05, 0.1) is 11.4 Å². The number of benzene rings is 2. The van der Waals surface area contributed by atoms with Gasteiger partial charge in [0, 0.05) is 6.07 Å². The van der Waals surface area contributed by atoms with Crippen LogP contribution in [0, 0.1) is 11.6 Å². The van der Waals surface area contributed by atoms with Crippen molar-refractivity contribution in [3.63, 3.8) is 0 Å². The highest BCUT2D eigenvalue weighted by molar-refractivity contribution is 7.92. The van der Waals surface area contributed by atoms with E-state index in [2.05, 4.69) is 4.72 Å². The van der Waals surface area contributed by atoms with Gasteiger partial charge in [-0.15, -0.1) is 0 Å². The number of hydrogen-bond acceptors (Lipinski definition) is 2. The Morgan fingerprint density at radius 2 is 1.70 bits per heavy atom. The first-order chi connectivity index (χ1) is 9.46. The lowest BCUT2D eigenvalue weighted by Gasteiger charge is -2.09. The summed E-state index contributed by atoms with van der Waals surface area (Å²) in [5, 5.41) is 0. The van der Waals surface area contributed by atoms with Gasteiger partial charge < -0.3 is 0 Å². The lowest BCUT2D eigenvalue weighted by atomic mass is 10.2. The zero-order valence-electron chi connectivity index (χ0n) is 10.5. The van der Waals surface area contributed by atoms with E-state index >= 15 is 0 Å². The van der Waals surface area contributed by atoms with Crippen LogP contribution in [0.4, 0.5) is 14.5 Å². The first-order valence-electron chi connectivity index (χ1n) is 5.96. The number of nitrogens with one attached hydrogen (secondary N) is 1. The number of anilines is 1. The zero-order valence-corrected chi connectivity index (χ0v) is 11.3. The maximum atomic E-state index is 13.4. The molecule has 3 nitrogen and oxygen atoms in total. The van der Waals surface area contributed by atoms with Gasteiger partial charge in [-0.3, -0.25) is 4.72 Å². The van der Waals surface area contributed by atoms with Crippen molar-refractivity contribution < 1.29 is 17.2 Å². The van der Waals surface area contributed by atoms with E-state index in [1.165, 1.54) is 0 Å². The fourth-order valence-corrected chi connectivity index (χ4v) is 2.79. The number of hydrogen-bond donors (Lipinski definition) is 1. The van der Waals surface area contributed by atoms with Crippen molar-refractivity contribution in [2.75, 3.05) is 10.5 Å². The summed E-state index contributed by atoms with van der Waals surface area (Å²) in [4.78, 5) is 0. The Balaban J connectivity index is 2.06. The quantitative estimate of drug-likeness (QED) is 0.922. The smallest absolute Gasteiger partial charge is 0.233 e. The summed E-state index contributed by atoms with van der Waals surface area (Å²) in [5.41, 5.74) is 0.482. The molecule has 2 aromatic rings. The molecule has 0 bridgehead atoms. The molecule has 6 heteroatoms. The SMILES string of the molecule is O=S(=O)(CCc1ccccc1)Nc1cc(F)ccc1F. The minimum absolute atomic E-state index is 0.201. The summed E-state index contributed by atoms with van der Waals surface area (Å²) in [6.45, 7) is 0. The van der Waals surface area contributed by atoms with Gasteiger partial charge in [-0.25, -0.2) is 17.2 Å². The molecule has 0 atom stereocenters. The lowest BCUT2D eigenvalue weighted by molar-refractivity contribution is 0.594. The molecule has 1 N–H and O–H groups in total. The van der Waals surface area contributed by atoms with Gasteiger partial charge in [0.15, 0.2) is 0 Å². The average Bonchev–Trinajstić information content (AvgIpc) is 2.42. The highest BCUT2D eigenvalue weighted by atomic mass is 32.2. The Morgan fingerprint density at radius 3 is 2.40 bits per heavy atom. The van der Waals surface area contributed by atoms with E-state index in [9.17, 15) is 17.2 Å². The molecule has 2 rings (SSSR count). The van der Waals surface area contributed by atoms with Crippen LogP contribution >= 0.6 is 0 Å². The molecule has 0 aliphatic carbocycles. The van der Waals surface area contributed by atoms with Gasteiger partial charge in [-0.2, -0.15) is 0 Å². The van der Waals surface area contributed by atoms with Crippen LogP contribution in [0.15, 0.2) is 48.5 Å². The molecule has 0 aromatic heterocycles. The van der Waals surface area contributed by atoms with Crippen LogP contribution in [0.25, 0.3) is 0 Å². The molecule has 2 aromatic carbocycles. The Morgan fingerprint density at radius 1 is 1.00 bits per heavy atom. The highest BCUT2D eigenvalue weighted by Gasteiger charge is 2.14. The van der Waals surface area contributed by atoms with Crippen LogP contribution in [0.3, 0.4) is 0 Å². The standard InChI is InChI=1S/C14H13F2NO2S/c15-12-6-7-13(16)14(10-12)17-20(18,19)9-8-11-4-2-1-3-5-11/h1-7,10,17H,8-9H2. The third kappa shape index (κ3) is 4.03. The Hall–Kier alpha value is -1.95. The van der Waals surface area contributed by atoms with E-state index in [0.29, 0.717) is 6.42 Å². The maximum Gasteiger partial charge on any atom is 0.233 e. The number of aryl methyl sites for hydroxylation is 1. The zero-order chi connectivity index (χ0) is 14.6. The molecule has 0 unspecified atom stereocenters. The van der Waals surface area contributed by atoms with Gasteiger partial charge in [0.2, 0.25) is 10.0 Å². The molecule has 0 radical (unpaired) electrons. The monoisotopic (exact) mass is 297 g/mol. The summed E-state index contributed by atoms with van der Waals surface area (Å²) in [7, 11) is -3.73. The number of halogens is 2.